The zero-order valence-corrected chi connectivity index (χ0v) is 16.9. The molecule has 1 aliphatic heterocycles. The van der Waals surface area contributed by atoms with Crippen LogP contribution in [0.4, 0.5) is 0 Å². The minimum Gasteiger partial charge on any atom is -0.484 e. The molecular weight excluding hydrogens is 350 g/mol. The van der Waals surface area contributed by atoms with Crippen LogP contribution in [0.2, 0.25) is 0 Å². The smallest absolute Gasteiger partial charge is 0.253 e. The van der Waals surface area contributed by atoms with Gasteiger partial charge in [0.25, 0.3) is 5.91 Å². The third kappa shape index (κ3) is 2.38. The number of hydrogen-bond donors (Lipinski definition) is 0. The summed E-state index contributed by atoms with van der Waals surface area (Å²) in [7, 11) is 5.59. The Morgan fingerprint density at radius 2 is 1.89 bits per heavy atom. The van der Waals surface area contributed by atoms with Crippen molar-refractivity contribution >= 4 is 16.9 Å². The molecule has 1 aromatic heterocycles. The number of ether oxygens (including phenoxy) is 1. The summed E-state index contributed by atoms with van der Waals surface area (Å²) in [5.41, 5.74) is 6.09. The second-order valence-corrected chi connectivity index (χ2v) is 8.42. The van der Waals surface area contributed by atoms with Crippen molar-refractivity contribution in [2.45, 2.75) is 38.2 Å². The summed E-state index contributed by atoms with van der Waals surface area (Å²) in [4.78, 5) is 19.3. The van der Waals surface area contributed by atoms with E-state index < -0.39 is 0 Å². The first-order valence-corrected chi connectivity index (χ1v) is 9.85. The third-order valence-corrected chi connectivity index (χ3v) is 6.39. The molecule has 3 aromatic rings. The van der Waals surface area contributed by atoms with Gasteiger partial charge in [0.15, 0.2) is 5.75 Å². The van der Waals surface area contributed by atoms with E-state index in [2.05, 4.69) is 24.3 Å². The quantitative estimate of drug-likeness (QED) is 0.655. The summed E-state index contributed by atoms with van der Waals surface area (Å²) < 4.78 is 8.81. The Hall–Kier alpha value is -2.82. The largest absolute Gasteiger partial charge is 0.484 e. The average molecular weight is 375 g/mol. The van der Waals surface area contributed by atoms with E-state index in [4.69, 9.17) is 9.72 Å². The first-order chi connectivity index (χ1) is 13.4. The van der Waals surface area contributed by atoms with Gasteiger partial charge in [0.05, 0.1) is 5.52 Å². The molecule has 0 radical (unpaired) electrons. The molecule has 2 aliphatic rings. The second kappa shape index (κ2) is 5.84. The Morgan fingerprint density at radius 3 is 2.54 bits per heavy atom. The number of aryl methyl sites for hydroxylation is 2. The number of fused-ring (bicyclic) bond motifs is 4. The third-order valence-electron chi connectivity index (χ3n) is 6.39. The van der Waals surface area contributed by atoms with Gasteiger partial charge in [-0.05, 0) is 37.0 Å². The lowest BCUT2D eigenvalue weighted by Crippen LogP contribution is -2.41. The number of amides is 1. The number of benzene rings is 2. The van der Waals surface area contributed by atoms with Crippen molar-refractivity contribution in [3.05, 3.63) is 58.4 Å². The molecule has 2 heterocycles. The molecule has 0 saturated heterocycles. The lowest BCUT2D eigenvalue weighted by atomic mass is 9.86. The average Bonchev–Trinajstić information content (AvgIpc) is 3.17. The van der Waals surface area contributed by atoms with Gasteiger partial charge in [0, 0.05) is 45.1 Å². The molecule has 5 nitrogen and oxygen atoms in total. The van der Waals surface area contributed by atoms with E-state index in [0.29, 0.717) is 0 Å². The van der Waals surface area contributed by atoms with Crippen LogP contribution in [0.15, 0.2) is 30.3 Å². The monoisotopic (exact) mass is 375 g/mol. The number of nitrogens with zero attached hydrogens (tertiary/aromatic N) is 3. The van der Waals surface area contributed by atoms with Crippen molar-refractivity contribution in [1.82, 2.24) is 14.5 Å². The second-order valence-electron chi connectivity index (χ2n) is 8.42. The summed E-state index contributed by atoms with van der Waals surface area (Å²) in [5.74, 6) is 1.75. The van der Waals surface area contributed by atoms with Gasteiger partial charge in [-0.2, -0.15) is 0 Å². The van der Waals surface area contributed by atoms with Crippen molar-refractivity contribution in [2.24, 2.45) is 7.05 Å². The van der Waals surface area contributed by atoms with Gasteiger partial charge in [-0.25, -0.2) is 4.98 Å². The van der Waals surface area contributed by atoms with Crippen LogP contribution in [0.5, 0.6) is 5.75 Å². The molecule has 0 atom stereocenters. The summed E-state index contributed by atoms with van der Waals surface area (Å²) in [6.07, 6.45) is 3.59. The normalized spacial score (nSPS) is 16.7. The number of imidazole rings is 1. The maximum absolute atomic E-state index is 12.9. The van der Waals surface area contributed by atoms with Crippen molar-refractivity contribution in [2.75, 3.05) is 14.1 Å². The fourth-order valence-electron chi connectivity index (χ4n) is 4.77. The van der Waals surface area contributed by atoms with Crippen molar-refractivity contribution in [1.29, 1.82) is 0 Å². The van der Waals surface area contributed by atoms with Crippen LogP contribution in [-0.4, -0.2) is 40.1 Å². The zero-order chi connectivity index (χ0) is 19.6. The molecular formula is C23H25N3O2. The van der Waals surface area contributed by atoms with Crippen LogP contribution in [-0.2, 0) is 26.3 Å². The van der Waals surface area contributed by atoms with E-state index in [0.717, 1.165) is 59.4 Å². The summed E-state index contributed by atoms with van der Waals surface area (Å²) in [6, 6.07) is 10.6. The van der Waals surface area contributed by atoms with Crippen LogP contribution in [0.1, 0.15) is 39.3 Å². The maximum atomic E-state index is 12.9. The van der Waals surface area contributed by atoms with E-state index >= 15 is 0 Å². The van der Waals surface area contributed by atoms with Gasteiger partial charge in [-0.3, -0.25) is 4.79 Å². The van der Waals surface area contributed by atoms with E-state index in [1.807, 2.05) is 24.6 Å². The van der Waals surface area contributed by atoms with Gasteiger partial charge in [0.1, 0.15) is 16.9 Å². The van der Waals surface area contributed by atoms with Gasteiger partial charge in [-0.1, -0.05) is 24.3 Å². The van der Waals surface area contributed by atoms with E-state index in [9.17, 15) is 4.79 Å². The molecule has 28 heavy (non-hydrogen) atoms. The first kappa shape index (κ1) is 17.3. The molecule has 1 aliphatic carbocycles. The van der Waals surface area contributed by atoms with Gasteiger partial charge in [0.2, 0.25) is 0 Å². The highest BCUT2D eigenvalue weighted by Gasteiger charge is 2.43. The summed E-state index contributed by atoms with van der Waals surface area (Å²) in [5, 5.41) is 0. The predicted molar refractivity (Wildman–Crippen MR) is 109 cm³/mol. The Kier molecular flexibility index (Phi) is 3.60. The number of rotatable bonds is 1. The lowest BCUT2D eigenvalue weighted by molar-refractivity contribution is 0.0574. The van der Waals surface area contributed by atoms with Crippen LogP contribution in [0.25, 0.3) is 11.0 Å². The topological polar surface area (TPSA) is 47.4 Å². The number of aromatic nitrogens is 2. The molecule has 0 N–H and O–H groups in total. The maximum Gasteiger partial charge on any atom is 0.253 e. The van der Waals surface area contributed by atoms with Gasteiger partial charge >= 0.3 is 0 Å². The Morgan fingerprint density at radius 1 is 1.21 bits per heavy atom. The van der Waals surface area contributed by atoms with Crippen LogP contribution in [0, 0.1) is 6.92 Å². The molecule has 1 spiro atoms. The number of carbonyl (C=O) groups excluding carboxylic acids is 1. The van der Waals surface area contributed by atoms with Gasteiger partial charge in [-0.15, -0.1) is 0 Å². The highest BCUT2D eigenvalue weighted by atomic mass is 16.5. The van der Waals surface area contributed by atoms with Crippen LogP contribution in [0.3, 0.4) is 0 Å². The molecule has 0 fully saturated rings. The number of hydrogen-bond acceptors (Lipinski definition) is 3. The van der Waals surface area contributed by atoms with Crippen molar-refractivity contribution in [3.8, 4) is 5.75 Å². The fourth-order valence-corrected chi connectivity index (χ4v) is 4.77. The van der Waals surface area contributed by atoms with Crippen molar-refractivity contribution < 1.29 is 9.53 Å². The Bertz CT molecular complexity index is 1100. The predicted octanol–water partition coefficient (Wildman–Crippen LogP) is 3.45. The van der Waals surface area contributed by atoms with Crippen molar-refractivity contribution in [3.63, 3.8) is 0 Å². The Labute approximate surface area is 164 Å². The molecule has 0 saturated carbocycles. The first-order valence-electron chi connectivity index (χ1n) is 9.85. The molecule has 0 bridgehead atoms. The molecule has 1 amide bonds. The Balaban J connectivity index is 1.68. The fraction of sp³-hybridized carbons (Fsp3) is 0.391. The summed E-state index contributed by atoms with van der Waals surface area (Å²) >= 11 is 0. The summed E-state index contributed by atoms with van der Waals surface area (Å²) in [6.45, 7) is 1.99. The van der Waals surface area contributed by atoms with E-state index in [1.54, 1.807) is 19.0 Å². The molecule has 144 valence electrons. The minimum absolute atomic E-state index is 0.0197. The molecule has 5 rings (SSSR count). The molecule has 2 aromatic carbocycles. The standard InChI is InChI=1S/C23H25N3O2/c1-14-24-20-19(26(14)4)11-18(22(27)25(2)3)17-9-10-23(28-21(17)20)12-15-7-5-6-8-16(15)13-23/h5-8,11H,9-10,12-13H2,1-4H3. The SMILES string of the molecule is Cc1nc2c3c(c(C(=O)N(C)C)cc2n1C)CCC1(Cc2ccccc2C1)O3. The molecule has 5 heteroatoms. The highest BCUT2D eigenvalue weighted by Crippen LogP contribution is 2.46. The highest BCUT2D eigenvalue weighted by molar-refractivity contribution is 6.01. The van der Waals surface area contributed by atoms with Gasteiger partial charge < -0.3 is 14.2 Å². The van der Waals surface area contributed by atoms with E-state index in [-0.39, 0.29) is 11.5 Å². The van der Waals surface area contributed by atoms with E-state index in [1.165, 1.54) is 11.1 Å². The molecule has 0 unspecified atom stereocenters. The van der Waals surface area contributed by atoms with Crippen LogP contribution >= 0.6 is 0 Å². The number of carbonyl (C=O) groups is 1. The lowest BCUT2D eigenvalue weighted by Gasteiger charge is -2.36. The zero-order valence-electron chi connectivity index (χ0n) is 16.9. The minimum atomic E-state index is -0.227. The van der Waals surface area contributed by atoms with Crippen LogP contribution < -0.4 is 4.74 Å².